The van der Waals surface area contributed by atoms with E-state index >= 15 is 0 Å². The fourth-order valence-corrected chi connectivity index (χ4v) is 6.10. The van der Waals surface area contributed by atoms with Crippen molar-refractivity contribution < 1.29 is 9.59 Å². The number of nitrogens with zero attached hydrogens (tertiary/aromatic N) is 4. The number of pyridine rings is 1. The van der Waals surface area contributed by atoms with Crippen molar-refractivity contribution >= 4 is 23.3 Å². The summed E-state index contributed by atoms with van der Waals surface area (Å²) in [5.41, 5.74) is 3.54. The Labute approximate surface area is 211 Å². The van der Waals surface area contributed by atoms with Crippen LogP contribution in [-0.2, 0) is 18.3 Å². The molecule has 8 heteroatoms. The topological polar surface area (TPSA) is 92.1 Å². The predicted molar refractivity (Wildman–Crippen MR) is 138 cm³/mol. The van der Waals surface area contributed by atoms with Crippen LogP contribution in [0.5, 0.6) is 0 Å². The zero-order chi connectivity index (χ0) is 24.7. The van der Waals surface area contributed by atoms with Gasteiger partial charge in [0.05, 0.1) is 11.9 Å². The molecule has 2 amide bonds. The van der Waals surface area contributed by atoms with Gasteiger partial charge in [-0.25, -0.2) is 4.98 Å². The number of carbonyl (C=O) groups excluding carboxylic acids is 2. The average Bonchev–Trinajstić information content (AvgIpc) is 3.40. The van der Waals surface area contributed by atoms with E-state index < -0.39 is 6.04 Å². The first-order valence-corrected chi connectivity index (χ1v) is 12.9. The lowest BCUT2D eigenvalue weighted by molar-refractivity contribution is -0.118. The van der Waals surface area contributed by atoms with Crippen LogP contribution < -0.4 is 15.5 Å². The number of aryl methyl sites for hydroxylation is 1. The van der Waals surface area contributed by atoms with Crippen LogP contribution in [0.4, 0.5) is 11.5 Å². The van der Waals surface area contributed by atoms with Gasteiger partial charge < -0.3 is 15.5 Å². The van der Waals surface area contributed by atoms with Gasteiger partial charge in [-0.1, -0.05) is 24.3 Å². The van der Waals surface area contributed by atoms with E-state index in [9.17, 15) is 9.59 Å². The molecule has 2 aliphatic carbocycles. The number of amides is 2. The molecule has 36 heavy (non-hydrogen) atoms. The van der Waals surface area contributed by atoms with Gasteiger partial charge in [0.15, 0.2) is 0 Å². The molecule has 8 nitrogen and oxygen atoms in total. The Morgan fingerprint density at radius 1 is 1.06 bits per heavy atom. The van der Waals surface area contributed by atoms with Crippen molar-refractivity contribution in [2.45, 2.75) is 50.5 Å². The summed E-state index contributed by atoms with van der Waals surface area (Å²) in [6.45, 7) is 2.04. The summed E-state index contributed by atoms with van der Waals surface area (Å²) >= 11 is 0. The maximum atomic E-state index is 13.8. The molecule has 3 aliphatic rings. The highest BCUT2D eigenvalue weighted by molar-refractivity contribution is 6.01. The summed E-state index contributed by atoms with van der Waals surface area (Å²) in [5, 5.41) is 10.3. The normalized spacial score (nSPS) is 20.6. The third-order valence-electron chi connectivity index (χ3n) is 8.14. The van der Waals surface area contributed by atoms with Gasteiger partial charge in [0.25, 0.3) is 5.91 Å². The number of benzene rings is 1. The first kappa shape index (κ1) is 22.8. The van der Waals surface area contributed by atoms with Crippen molar-refractivity contribution in [1.29, 1.82) is 0 Å². The number of fused-ring (bicyclic) bond motifs is 1. The third kappa shape index (κ3) is 4.14. The zero-order valence-corrected chi connectivity index (χ0v) is 20.6. The first-order chi connectivity index (χ1) is 17.5. The van der Waals surface area contributed by atoms with Crippen LogP contribution >= 0.6 is 0 Å². The molecule has 1 aromatic carbocycles. The van der Waals surface area contributed by atoms with Crippen molar-refractivity contribution in [2.24, 2.45) is 12.5 Å². The van der Waals surface area contributed by atoms with Crippen LogP contribution in [0.25, 0.3) is 0 Å². The van der Waals surface area contributed by atoms with Gasteiger partial charge in [-0.05, 0) is 73.3 Å². The van der Waals surface area contributed by atoms with Crippen LogP contribution in [0.3, 0.4) is 0 Å². The second-order valence-corrected chi connectivity index (χ2v) is 10.4. The summed E-state index contributed by atoms with van der Waals surface area (Å²) in [4.78, 5) is 34.0. The largest absolute Gasteiger partial charge is 0.357 e. The highest BCUT2D eigenvalue weighted by Gasteiger charge is 2.58. The minimum Gasteiger partial charge on any atom is -0.357 e. The zero-order valence-electron chi connectivity index (χ0n) is 20.6. The second kappa shape index (κ2) is 9.08. The summed E-state index contributed by atoms with van der Waals surface area (Å²) in [6.07, 6.45) is 10.0. The highest BCUT2D eigenvalue weighted by Crippen LogP contribution is 2.64. The summed E-state index contributed by atoms with van der Waals surface area (Å²) in [7, 11) is 1.73. The minimum atomic E-state index is -0.708. The van der Waals surface area contributed by atoms with Crippen LogP contribution in [0, 0.1) is 5.41 Å². The lowest BCUT2D eigenvalue weighted by atomic mass is 9.82. The third-order valence-corrected chi connectivity index (χ3v) is 8.14. The molecule has 1 saturated carbocycles. The molecular weight excluding hydrogens is 452 g/mol. The van der Waals surface area contributed by atoms with Crippen molar-refractivity contribution in [3.8, 4) is 0 Å². The van der Waals surface area contributed by atoms with Crippen molar-refractivity contribution in [2.75, 3.05) is 23.3 Å². The van der Waals surface area contributed by atoms with Crippen molar-refractivity contribution in [3.63, 3.8) is 0 Å². The maximum absolute atomic E-state index is 13.8. The van der Waals surface area contributed by atoms with E-state index in [0.717, 1.165) is 38.2 Å². The fraction of sp³-hybridized carbons (Fsp3) is 0.429. The van der Waals surface area contributed by atoms with Gasteiger partial charge in [-0.3, -0.25) is 14.3 Å². The Balaban J connectivity index is 1.27. The molecule has 1 unspecified atom stereocenters. The van der Waals surface area contributed by atoms with Gasteiger partial charge in [0, 0.05) is 32.3 Å². The fourth-order valence-electron chi connectivity index (χ4n) is 6.10. The summed E-state index contributed by atoms with van der Waals surface area (Å²) in [5.74, 6) is 0.349. The van der Waals surface area contributed by atoms with Gasteiger partial charge in [0.1, 0.15) is 17.6 Å². The molecule has 1 saturated heterocycles. The lowest BCUT2D eigenvalue weighted by Crippen LogP contribution is -2.49. The molecule has 3 aromatic rings. The standard InChI is InChI=1S/C28H32N6O2/c1-33-22(11-14-30-33)26(35)32-25(24-21-8-4-3-7-19(21)17-28(24)12-13-28)27(36)31-20-9-10-23(29-18-20)34-15-5-2-6-16-34/h3-4,7-11,14,18,24-25H,2,5-6,12-13,15-17H2,1H3,(H,31,36)(H,32,35)/t24?,25-/m0/s1. The van der Waals surface area contributed by atoms with E-state index in [1.807, 2.05) is 18.2 Å². The molecule has 186 valence electrons. The van der Waals surface area contributed by atoms with E-state index in [2.05, 4.69) is 43.8 Å². The molecule has 0 bridgehead atoms. The Bertz CT molecular complexity index is 1270. The van der Waals surface area contributed by atoms with Gasteiger partial charge in [0.2, 0.25) is 5.91 Å². The molecule has 2 aromatic heterocycles. The number of anilines is 2. The average molecular weight is 485 g/mol. The number of nitrogens with one attached hydrogen (secondary N) is 2. The van der Waals surface area contributed by atoms with E-state index in [0.29, 0.717) is 11.4 Å². The second-order valence-electron chi connectivity index (χ2n) is 10.4. The van der Waals surface area contributed by atoms with Crippen molar-refractivity contribution in [3.05, 3.63) is 71.7 Å². The number of piperidine rings is 1. The number of hydrogen-bond donors (Lipinski definition) is 2. The maximum Gasteiger partial charge on any atom is 0.270 e. The predicted octanol–water partition coefficient (Wildman–Crippen LogP) is 3.66. The van der Waals surface area contributed by atoms with Crippen molar-refractivity contribution in [1.82, 2.24) is 20.1 Å². The van der Waals surface area contributed by atoms with E-state index in [4.69, 9.17) is 0 Å². The van der Waals surface area contributed by atoms with E-state index in [-0.39, 0.29) is 23.1 Å². The van der Waals surface area contributed by atoms with Crippen LogP contribution in [0.15, 0.2) is 54.9 Å². The Hall–Kier alpha value is -3.68. The van der Waals surface area contributed by atoms with Crippen LogP contribution in [0.1, 0.15) is 59.6 Å². The lowest BCUT2D eigenvalue weighted by Gasteiger charge is -2.30. The minimum absolute atomic E-state index is 0.0296. The molecule has 1 spiro atoms. The molecule has 2 atom stereocenters. The van der Waals surface area contributed by atoms with Crippen LogP contribution in [-0.4, -0.2) is 45.7 Å². The molecule has 3 heterocycles. The van der Waals surface area contributed by atoms with Gasteiger partial charge >= 0.3 is 0 Å². The Kier molecular flexibility index (Phi) is 5.74. The molecule has 0 radical (unpaired) electrons. The first-order valence-electron chi connectivity index (χ1n) is 12.9. The van der Waals surface area contributed by atoms with Gasteiger partial charge in [-0.15, -0.1) is 0 Å². The highest BCUT2D eigenvalue weighted by atomic mass is 16.2. The Morgan fingerprint density at radius 3 is 2.56 bits per heavy atom. The SMILES string of the molecule is Cn1nccc1C(=O)N[C@H](C(=O)Nc1ccc(N2CCCCC2)nc1)C1c2ccccc2CC12CC2. The van der Waals surface area contributed by atoms with Gasteiger partial charge in [-0.2, -0.15) is 5.10 Å². The molecule has 2 fully saturated rings. The number of hydrogen-bond acceptors (Lipinski definition) is 5. The summed E-state index contributed by atoms with van der Waals surface area (Å²) < 4.78 is 1.53. The molecular formula is C28H32N6O2. The Morgan fingerprint density at radius 2 is 1.86 bits per heavy atom. The van der Waals surface area contributed by atoms with E-state index in [1.54, 1.807) is 25.5 Å². The molecule has 1 aliphatic heterocycles. The number of aromatic nitrogens is 3. The monoisotopic (exact) mass is 484 g/mol. The summed E-state index contributed by atoms with van der Waals surface area (Å²) in [6, 6.07) is 13.2. The number of rotatable bonds is 6. The smallest absolute Gasteiger partial charge is 0.270 e. The van der Waals surface area contributed by atoms with Crippen LogP contribution in [0.2, 0.25) is 0 Å². The molecule has 2 N–H and O–H groups in total. The van der Waals surface area contributed by atoms with E-state index in [1.165, 1.54) is 35.1 Å². The number of carbonyl (C=O) groups is 2. The quantitative estimate of drug-likeness (QED) is 0.557. The molecule has 6 rings (SSSR count).